The fraction of sp³-hybridized carbons (Fsp3) is 0.304. The van der Waals surface area contributed by atoms with Crippen LogP contribution in [0.1, 0.15) is 22.7 Å². The predicted molar refractivity (Wildman–Crippen MR) is 116 cm³/mol. The van der Waals surface area contributed by atoms with E-state index in [0.29, 0.717) is 6.67 Å². The second-order valence-corrected chi connectivity index (χ2v) is 8.88. The number of methoxy groups -OCH3 is 1. The number of hydrogen-bond acceptors (Lipinski definition) is 7. The lowest BCUT2D eigenvalue weighted by Gasteiger charge is -2.51. The summed E-state index contributed by atoms with van der Waals surface area (Å²) in [5.74, 6) is 0.828. The Labute approximate surface area is 184 Å². The van der Waals surface area contributed by atoms with E-state index in [2.05, 4.69) is 18.2 Å². The van der Waals surface area contributed by atoms with Gasteiger partial charge in [-0.2, -0.15) is 5.01 Å². The van der Waals surface area contributed by atoms with Crippen LogP contribution in [0.4, 0.5) is 0 Å². The molecule has 3 aliphatic rings. The SMILES string of the molecule is COc1cccc2c1C(N1CN(C)C(=O)C3C(O)C(=O)C=CN31)c1ccccc1SC2. The van der Waals surface area contributed by atoms with E-state index in [1.807, 2.05) is 29.3 Å². The van der Waals surface area contributed by atoms with Crippen LogP contribution in [0.5, 0.6) is 5.75 Å². The Morgan fingerprint density at radius 2 is 1.94 bits per heavy atom. The van der Waals surface area contributed by atoms with Crippen molar-refractivity contribution < 1.29 is 19.4 Å². The van der Waals surface area contributed by atoms with Gasteiger partial charge in [0.1, 0.15) is 11.9 Å². The smallest absolute Gasteiger partial charge is 0.250 e. The number of fused-ring (bicyclic) bond motifs is 3. The standard InChI is InChI=1S/C23H23N3O4S/c1-24-13-26(25-11-10-16(27)22(28)21(25)23(24)29)20-15-7-3-4-9-18(15)31-12-14-6-5-8-17(30-2)19(14)20/h3-11,20-22,28H,12-13H2,1-2H3. The third-order valence-electron chi connectivity index (χ3n) is 6.09. The summed E-state index contributed by atoms with van der Waals surface area (Å²) in [5, 5.41) is 14.3. The van der Waals surface area contributed by atoms with Gasteiger partial charge in [0.05, 0.1) is 19.8 Å². The van der Waals surface area contributed by atoms with Gasteiger partial charge < -0.3 is 14.7 Å². The van der Waals surface area contributed by atoms with E-state index in [-0.39, 0.29) is 11.9 Å². The molecule has 5 rings (SSSR count). The Morgan fingerprint density at radius 1 is 1.13 bits per heavy atom. The van der Waals surface area contributed by atoms with Gasteiger partial charge in [-0.25, -0.2) is 0 Å². The van der Waals surface area contributed by atoms with Gasteiger partial charge in [-0.15, -0.1) is 11.8 Å². The maximum atomic E-state index is 12.9. The molecule has 7 nitrogen and oxygen atoms in total. The highest BCUT2D eigenvalue weighted by atomic mass is 32.2. The number of hydrazine groups is 1. The van der Waals surface area contributed by atoms with E-state index in [0.717, 1.165) is 33.1 Å². The average molecular weight is 438 g/mol. The summed E-state index contributed by atoms with van der Waals surface area (Å²) >= 11 is 1.77. The summed E-state index contributed by atoms with van der Waals surface area (Å²) < 4.78 is 5.77. The monoisotopic (exact) mass is 437 g/mol. The Morgan fingerprint density at radius 3 is 2.74 bits per heavy atom. The van der Waals surface area contributed by atoms with E-state index in [4.69, 9.17) is 4.74 Å². The number of nitrogens with zero attached hydrogens (tertiary/aromatic N) is 3. The number of hydrogen-bond donors (Lipinski definition) is 1. The number of aliphatic hydroxyl groups excluding tert-OH is 1. The molecule has 1 saturated heterocycles. The fourth-order valence-electron chi connectivity index (χ4n) is 4.60. The third kappa shape index (κ3) is 3.13. The number of benzene rings is 2. The minimum atomic E-state index is -1.41. The van der Waals surface area contributed by atoms with E-state index < -0.39 is 17.9 Å². The molecule has 0 spiro atoms. The number of amides is 1. The van der Waals surface area contributed by atoms with Crippen LogP contribution in [0.25, 0.3) is 0 Å². The normalized spacial score (nSPS) is 25.6. The van der Waals surface area contributed by atoms with Crippen molar-refractivity contribution in [2.24, 2.45) is 0 Å². The molecule has 1 fully saturated rings. The lowest BCUT2D eigenvalue weighted by Crippen LogP contribution is -2.67. The second-order valence-electron chi connectivity index (χ2n) is 7.87. The molecular formula is C23H23N3O4S. The second kappa shape index (κ2) is 7.71. The molecule has 8 heteroatoms. The molecule has 0 bridgehead atoms. The first-order chi connectivity index (χ1) is 15.0. The minimum Gasteiger partial charge on any atom is -0.496 e. The number of likely N-dealkylation sites (N-methyl/N-ethyl adjacent to an activating group) is 1. The van der Waals surface area contributed by atoms with Crippen LogP contribution in [-0.2, 0) is 15.3 Å². The molecule has 2 aromatic carbocycles. The topological polar surface area (TPSA) is 73.3 Å². The van der Waals surface area contributed by atoms with Crippen LogP contribution < -0.4 is 4.74 Å². The van der Waals surface area contributed by atoms with Gasteiger partial charge >= 0.3 is 0 Å². The zero-order valence-corrected chi connectivity index (χ0v) is 18.1. The molecule has 3 aliphatic heterocycles. The molecule has 0 radical (unpaired) electrons. The lowest BCUT2D eigenvalue weighted by molar-refractivity contribution is -0.182. The van der Waals surface area contributed by atoms with E-state index >= 15 is 0 Å². The van der Waals surface area contributed by atoms with Gasteiger partial charge in [0.25, 0.3) is 5.91 Å². The van der Waals surface area contributed by atoms with Gasteiger partial charge in [-0.05, 0) is 23.3 Å². The fourth-order valence-corrected chi connectivity index (χ4v) is 5.68. The van der Waals surface area contributed by atoms with Crippen LogP contribution in [0.3, 0.4) is 0 Å². The molecule has 0 aromatic heterocycles. The van der Waals surface area contributed by atoms with Gasteiger partial charge in [0.15, 0.2) is 11.8 Å². The van der Waals surface area contributed by atoms with Crippen molar-refractivity contribution >= 4 is 23.5 Å². The van der Waals surface area contributed by atoms with Crippen LogP contribution in [-0.4, -0.2) is 64.7 Å². The quantitative estimate of drug-likeness (QED) is 0.772. The van der Waals surface area contributed by atoms with E-state index in [9.17, 15) is 14.7 Å². The molecular weight excluding hydrogens is 414 g/mol. The molecule has 3 unspecified atom stereocenters. The summed E-state index contributed by atoms with van der Waals surface area (Å²) in [4.78, 5) is 27.8. The maximum absolute atomic E-state index is 12.9. The number of ketones is 1. The third-order valence-corrected chi connectivity index (χ3v) is 7.23. The molecule has 160 valence electrons. The van der Waals surface area contributed by atoms with Crippen LogP contribution >= 0.6 is 11.8 Å². The van der Waals surface area contributed by atoms with Crippen molar-refractivity contribution in [2.75, 3.05) is 20.8 Å². The number of carbonyl (C=O) groups excluding carboxylic acids is 2. The van der Waals surface area contributed by atoms with Crippen LogP contribution in [0.15, 0.2) is 59.6 Å². The van der Waals surface area contributed by atoms with Gasteiger partial charge in [-0.1, -0.05) is 30.3 Å². The molecule has 31 heavy (non-hydrogen) atoms. The Hall–Kier alpha value is -2.81. The highest BCUT2D eigenvalue weighted by molar-refractivity contribution is 7.98. The van der Waals surface area contributed by atoms with E-state index in [1.165, 1.54) is 6.08 Å². The summed E-state index contributed by atoms with van der Waals surface area (Å²) in [5.41, 5.74) is 3.28. The highest BCUT2D eigenvalue weighted by Crippen LogP contribution is 2.47. The van der Waals surface area contributed by atoms with Crippen molar-refractivity contribution in [1.82, 2.24) is 14.9 Å². The molecule has 0 saturated carbocycles. The Balaban J connectivity index is 1.73. The Kier molecular flexibility index (Phi) is 5.00. The molecule has 1 amide bonds. The lowest BCUT2D eigenvalue weighted by atomic mass is 9.92. The molecule has 0 aliphatic carbocycles. The zero-order valence-electron chi connectivity index (χ0n) is 17.3. The predicted octanol–water partition coefficient (Wildman–Crippen LogP) is 2.16. The summed E-state index contributed by atoms with van der Waals surface area (Å²) in [7, 11) is 3.36. The molecule has 3 atom stereocenters. The van der Waals surface area contributed by atoms with Crippen molar-refractivity contribution in [2.45, 2.75) is 28.8 Å². The number of carbonyl (C=O) groups is 2. The number of ether oxygens (including phenoxy) is 1. The molecule has 1 N–H and O–H groups in total. The van der Waals surface area contributed by atoms with Gasteiger partial charge in [-0.3, -0.25) is 14.6 Å². The minimum absolute atomic E-state index is 0.263. The van der Waals surface area contributed by atoms with Crippen molar-refractivity contribution in [3.05, 3.63) is 71.4 Å². The highest BCUT2D eigenvalue weighted by Gasteiger charge is 2.48. The number of rotatable bonds is 2. The first kappa shape index (κ1) is 20.1. The maximum Gasteiger partial charge on any atom is 0.250 e. The van der Waals surface area contributed by atoms with Gasteiger partial charge in [0, 0.05) is 35.5 Å². The number of aliphatic hydroxyl groups is 1. The molecule has 2 aromatic rings. The summed E-state index contributed by atoms with van der Waals surface area (Å²) in [6, 6.07) is 13.0. The largest absolute Gasteiger partial charge is 0.496 e. The first-order valence-electron chi connectivity index (χ1n) is 10.1. The van der Waals surface area contributed by atoms with Crippen molar-refractivity contribution in [3.8, 4) is 5.75 Å². The molecule has 3 heterocycles. The first-order valence-corrected chi connectivity index (χ1v) is 11.1. The van der Waals surface area contributed by atoms with Crippen LogP contribution in [0, 0.1) is 0 Å². The van der Waals surface area contributed by atoms with Crippen molar-refractivity contribution in [3.63, 3.8) is 0 Å². The van der Waals surface area contributed by atoms with Gasteiger partial charge in [0.2, 0.25) is 0 Å². The van der Waals surface area contributed by atoms with Crippen molar-refractivity contribution in [1.29, 1.82) is 0 Å². The zero-order chi connectivity index (χ0) is 21.7. The summed E-state index contributed by atoms with van der Waals surface area (Å²) in [6.45, 7) is 0.307. The Bertz CT molecular complexity index is 1090. The average Bonchev–Trinajstić information content (AvgIpc) is 2.95. The summed E-state index contributed by atoms with van der Waals surface area (Å²) in [6.07, 6.45) is 1.54. The number of thioether (sulfide) groups is 1. The van der Waals surface area contributed by atoms with E-state index in [1.54, 1.807) is 42.0 Å². The van der Waals surface area contributed by atoms with Crippen LogP contribution in [0.2, 0.25) is 0 Å².